The zero-order chi connectivity index (χ0) is 12.7. The fourth-order valence-corrected chi connectivity index (χ4v) is 1.33. The van der Waals surface area contributed by atoms with Gasteiger partial charge in [0.2, 0.25) is 5.91 Å². The number of hydrogen-bond donors (Lipinski definition) is 2. The van der Waals surface area contributed by atoms with Gasteiger partial charge in [-0.15, -0.1) is 0 Å². The van der Waals surface area contributed by atoms with Crippen LogP contribution in [0.4, 0.5) is 0 Å². The van der Waals surface area contributed by atoms with E-state index in [9.17, 15) is 4.79 Å². The van der Waals surface area contributed by atoms with Gasteiger partial charge in [-0.05, 0) is 17.7 Å². The largest absolute Gasteiger partial charge is 0.383 e. The molecule has 0 fully saturated rings. The molecule has 1 rings (SSSR count). The highest BCUT2D eigenvalue weighted by molar-refractivity contribution is 5.81. The summed E-state index contributed by atoms with van der Waals surface area (Å²) >= 11 is 0. The number of rotatable bonds is 5. The molecule has 0 saturated carbocycles. The lowest BCUT2D eigenvalue weighted by atomic mass is 10.1. The maximum absolute atomic E-state index is 11.5. The number of nitriles is 1. The highest BCUT2D eigenvalue weighted by atomic mass is 16.5. The molecule has 90 valence electrons. The molecule has 1 aromatic carbocycles. The normalized spacial score (nSPS) is 11.6. The second-order valence-corrected chi connectivity index (χ2v) is 3.59. The zero-order valence-electron chi connectivity index (χ0n) is 9.64. The number of ether oxygens (including phenoxy) is 1. The second-order valence-electron chi connectivity index (χ2n) is 3.59. The summed E-state index contributed by atoms with van der Waals surface area (Å²) in [6.07, 6.45) is 0. The first kappa shape index (κ1) is 13.2. The first-order chi connectivity index (χ1) is 8.17. The molecule has 0 aliphatic carbocycles. The molecule has 17 heavy (non-hydrogen) atoms. The molecule has 0 heterocycles. The molecule has 1 unspecified atom stereocenters. The van der Waals surface area contributed by atoms with E-state index in [4.69, 9.17) is 15.7 Å². The summed E-state index contributed by atoms with van der Waals surface area (Å²) in [5.41, 5.74) is 6.99. The van der Waals surface area contributed by atoms with Crippen LogP contribution in [-0.4, -0.2) is 25.7 Å². The van der Waals surface area contributed by atoms with Crippen molar-refractivity contribution in [3.8, 4) is 6.07 Å². The molecular weight excluding hydrogens is 218 g/mol. The third kappa shape index (κ3) is 4.23. The quantitative estimate of drug-likeness (QED) is 0.757. The van der Waals surface area contributed by atoms with E-state index in [0.29, 0.717) is 12.1 Å². The van der Waals surface area contributed by atoms with Gasteiger partial charge in [0.05, 0.1) is 18.2 Å². The minimum atomic E-state index is -0.667. The Bertz CT molecular complexity index is 426. The molecule has 0 saturated heterocycles. The lowest BCUT2D eigenvalue weighted by molar-refractivity contribution is -0.123. The van der Waals surface area contributed by atoms with Crippen molar-refractivity contribution >= 4 is 5.91 Å². The standard InChI is InChI=1S/C12H15N3O2/c1-17-8-11(14)12(16)15-7-10-4-2-3-9(5-10)6-13/h2-5,11H,7-8,14H2,1H3,(H,15,16). The van der Waals surface area contributed by atoms with Gasteiger partial charge in [-0.1, -0.05) is 12.1 Å². The molecule has 0 aromatic heterocycles. The molecule has 0 radical (unpaired) electrons. The summed E-state index contributed by atoms with van der Waals surface area (Å²) < 4.78 is 4.78. The third-order valence-corrected chi connectivity index (χ3v) is 2.21. The smallest absolute Gasteiger partial charge is 0.239 e. The van der Waals surface area contributed by atoms with Crippen molar-refractivity contribution in [2.75, 3.05) is 13.7 Å². The Kier molecular flexibility index (Phi) is 5.14. The average Bonchev–Trinajstić information content (AvgIpc) is 2.36. The van der Waals surface area contributed by atoms with Crippen molar-refractivity contribution in [3.05, 3.63) is 35.4 Å². The molecule has 0 aliphatic heterocycles. The predicted octanol–water partition coefficient (Wildman–Crippen LogP) is 0.148. The maximum Gasteiger partial charge on any atom is 0.239 e. The van der Waals surface area contributed by atoms with E-state index in [0.717, 1.165) is 5.56 Å². The Morgan fingerprint density at radius 3 is 3.06 bits per heavy atom. The van der Waals surface area contributed by atoms with E-state index in [2.05, 4.69) is 5.32 Å². The van der Waals surface area contributed by atoms with E-state index in [1.807, 2.05) is 12.1 Å². The van der Waals surface area contributed by atoms with Crippen molar-refractivity contribution in [1.29, 1.82) is 5.26 Å². The molecule has 1 atom stereocenters. The third-order valence-electron chi connectivity index (χ3n) is 2.21. The summed E-state index contributed by atoms with van der Waals surface area (Å²) in [5, 5.41) is 11.4. The minimum Gasteiger partial charge on any atom is -0.383 e. The van der Waals surface area contributed by atoms with E-state index >= 15 is 0 Å². The van der Waals surface area contributed by atoms with Gasteiger partial charge in [0.15, 0.2) is 0 Å². The van der Waals surface area contributed by atoms with Gasteiger partial charge in [-0.2, -0.15) is 5.26 Å². The number of carbonyl (C=O) groups excluding carboxylic acids is 1. The van der Waals surface area contributed by atoms with Crippen molar-refractivity contribution in [3.63, 3.8) is 0 Å². The number of benzene rings is 1. The van der Waals surface area contributed by atoms with E-state index in [1.165, 1.54) is 7.11 Å². The Morgan fingerprint density at radius 1 is 1.65 bits per heavy atom. The van der Waals surface area contributed by atoms with Crippen LogP contribution in [0.1, 0.15) is 11.1 Å². The van der Waals surface area contributed by atoms with Crippen LogP contribution < -0.4 is 11.1 Å². The highest BCUT2D eigenvalue weighted by Gasteiger charge is 2.12. The zero-order valence-corrected chi connectivity index (χ0v) is 9.64. The first-order valence-corrected chi connectivity index (χ1v) is 5.18. The van der Waals surface area contributed by atoms with E-state index < -0.39 is 6.04 Å². The highest BCUT2D eigenvalue weighted by Crippen LogP contribution is 2.03. The van der Waals surface area contributed by atoms with Crippen LogP contribution in [0.2, 0.25) is 0 Å². The summed E-state index contributed by atoms with van der Waals surface area (Å²) in [6.45, 7) is 0.538. The Morgan fingerprint density at radius 2 is 2.41 bits per heavy atom. The molecule has 0 bridgehead atoms. The molecule has 1 amide bonds. The number of methoxy groups -OCH3 is 1. The van der Waals surface area contributed by atoms with Crippen molar-refractivity contribution < 1.29 is 9.53 Å². The summed E-state index contributed by atoms with van der Waals surface area (Å²) in [5.74, 6) is -0.269. The SMILES string of the molecule is COCC(N)C(=O)NCc1cccc(C#N)c1. The van der Waals surface area contributed by atoms with E-state index in [-0.39, 0.29) is 12.5 Å². The summed E-state index contributed by atoms with van der Waals surface area (Å²) in [7, 11) is 1.49. The van der Waals surface area contributed by atoms with Crippen LogP contribution in [0.3, 0.4) is 0 Å². The lowest BCUT2D eigenvalue weighted by Gasteiger charge is -2.11. The van der Waals surface area contributed by atoms with Crippen LogP contribution in [0.5, 0.6) is 0 Å². The number of hydrogen-bond acceptors (Lipinski definition) is 4. The molecular formula is C12H15N3O2. The topological polar surface area (TPSA) is 88.1 Å². The average molecular weight is 233 g/mol. The Balaban J connectivity index is 2.50. The molecule has 5 heteroatoms. The Labute approximate surface area is 100 Å². The van der Waals surface area contributed by atoms with Crippen molar-refractivity contribution in [1.82, 2.24) is 5.32 Å². The van der Waals surface area contributed by atoms with Crippen LogP contribution in [0.25, 0.3) is 0 Å². The summed E-state index contributed by atoms with van der Waals surface area (Å²) in [6, 6.07) is 8.42. The van der Waals surface area contributed by atoms with Gasteiger partial charge in [0.1, 0.15) is 6.04 Å². The van der Waals surface area contributed by atoms with Crippen molar-refractivity contribution in [2.45, 2.75) is 12.6 Å². The van der Waals surface area contributed by atoms with Gasteiger partial charge >= 0.3 is 0 Å². The molecule has 0 spiro atoms. The fourth-order valence-electron chi connectivity index (χ4n) is 1.33. The molecule has 5 nitrogen and oxygen atoms in total. The van der Waals surface area contributed by atoms with Gasteiger partial charge in [-0.25, -0.2) is 0 Å². The number of carbonyl (C=O) groups is 1. The van der Waals surface area contributed by atoms with Gasteiger partial charge < -0.3 is 15.8 Å². The second kappa shape index (κ2) is 6.63. The van der Waals surface area contributed by atoms with Gasteiger partial charge in [0.25, 0.3) is 0 Å². The van der Waals surface area contributed by atoms with Gasteiger partial charge in [-0.3, -0.25) is 4.79 Å². The van der Waals surface area contributed by atoms with Crippen LogP contribution in [0.15, 0.2) is 24.3 Å². The fraction of sp³-hybridized carbons (Fsp3) is 0.333. The minimum absolute atomic E-state index is 0.185. The lowest BCUT2D eigenvalue weighted by Crippen LogP contribution is -2.43. The first-order valence-electron chi connectivity index (χ1n) is 5.18. The molecule has 3 N–H and O–H groups in total. The predicted molar refractivity (Wildman–Crippen MR) is 62.9 cm³/mol. The molecule has 0 aliphatic rings. The van der Waals surface area contributed by atoms with E-state index in [1.54, 1.807) is 18.2 Å². The number of nitrogens with zero attached hydrogens (tertiary/aromatic N) is 1. The Hall–Kier alpha value is -1.90. The van der Waals surface area contributed by atoms with Crippen LogP contribution >= 0.6 is 0 Å². The van der Waals surface area contributed by atoms with Crippen LogP contribution in [-0.2, 0) is 16.1 Å². The summed E-state index contributed by atoms with van der Waals surface area (Å²) in [4.78, 5) is 11.5. The number of nitrogens with two attached hydrogens (primary N) is 1. The van der Waals surface area contributed by atoms with Crippen LogP contribution in [0, 0.1) is 11.3 Å². The maximum atomic E-state index is 11.5. The van der Waals surface area contributed by atoms with Crippen molar-refractivity contribution in [2.24, 2.45) is 5.73 Å². The number of amides is 1. The van der Waals surface area contributed by atoms with Gasteiger partial charge in [0, 0.05) is 13.7 Å². The number of nitrogens with one attached hydrogen (secondary N) is 1. The molecule has 1 aromatic rings. The monoisotopic (exact) mass is 233 g/mol.